The quantitative estimate of drug-likeness (QED) is 0.372. The number of hydrogen-bond donors (Lipinski definition) is 1. The fourth-order valence-electron chi connectivity index (χ4n) is 6.84. The van der Waals surface area contributed by atoms with E-state index in [1.165, 1.54) is 17.3 Å². The van der Waals surface area contributed by atoms with E-state index < -0.39 is 68.6 Å². The summed E-state index contributed by atoms with van der Waals surface area (Å²) in [5.41, 5.74) is -2.97. The molecule has 2 aromatic carbocycles. The fraction of sp³-hybridized carbons (Fsp3) is 0.387. The first-order chi connectivity index (χ1) is 21.3. The number of sulfonamides is 1. The number of halogens is 5. The van der Waals surface area contributed by atoms with Crippen molar-refractivity contribution in [2.75, 3.05) is 17.4 Å². The van der Waals surface area contributed by atoms with E-state index >= 15 is 4.39 Å². The number of nitrogens with one attached hydrogen (secondary N) is 1. The van der Waals surface area contributed by atoms with Gasteiger partial charge in [0.25, 0.3) is 15.9 Å². The highest BCUT2D eigenvalue weighted by atomic mass is 32.2. The summed E-state index contributed by atoms with van der Waals surface area (Å²) in [5.74, 6) is -2.90. The van der Waals surface area contributed by atoms with Gasteiger partial charge in [0, 0.05) is 37.2 Å². The molecule has 1 saturated carbocycles. The van der Waals surface area contributed by atoms with Crippen LogP contribution in [0.3, 0.4) is 0 Å². The smallest absolute Gasteiger partial charge is 0.346 e. The Morgan fingerprint density at radius 2 is 1.69 bits per heavy atom. The van der Waals surface area contributed by atoms with Gasteiger partial charge in [-0.2, -0.15) is 13.2 Å². The molecule has 1 N–H and O–H groups in total. The number of benzene rings is 2. The van der Waals surface area contributed by atoms with Gasteiger partial charge in [-0.3, -0.25) is 18.9 Å². The molecular formula is C31H29F5N4O4S. The number of alkyl halides is 3. The third-order valence-corrected chi connectivity index (χ3v) is 10.9. The Kier molecular flexibility index (Phi) is 7.61. The topological polar surface area (TPSA) is 99.7 Å². The van der Waals surface area contributed by atoms with Crippen LogP contribution in [0.5, 0.6) is 0 Å². The minimum absolute atomic E-state index is 0.0229. The monoisotopic (exact) mass is 648 g/mol. The first kappa shape index (κ1) is 30.9. The number of fused-ring (bicyclic) bond motifs is 2. The lowest BCUT2D eigenvalue weighted by atomic mass is 9.67. The van der Waals surface area contributed by atoms with Crippen LogP contribution in [0.15, 0.2) is 59.6 Å². The normalized spacial score (nSPS) is 19.5. The maximum atomic E-state index is 16.8. The molecule has 1 unspecified atom stereocenters. The molecule has 1 aliphatic carbocycles. The van der Waals surface area contributed by atoms with Crippen molar-refractivity contribution in [3.63, 3.8) is 0 Å². The SMILES string of the molecule is CC(=O)N1CCC2(CC1)c1c(ccc(C(=O)NCc3ncccc3C(F)(F)F)c1F)N(S(=O)(=O)c1ccc(F)cc1)C2C1CC1. The molecule has 2 amide bonds. The lowest BCUT2D eigenvalue weighted by Gasteiger charge is -2.45. The molecule has 14 heteroatoms. The molecule has 3 heterocycles. The minimum atomic E-state index is -4.72. The molecule has 1 saturated heterocycles. The maximum absolute atomic E-state index is 16.8. The van der Waals surface area contributed by atoms with E-state index in [9.17, 15) is 35.6 Å². The molecule has 2 aliphatic heterocycles. The number of anilines is 1. The molecule has 6 rings (SSSR count). The third-order valence-electron chi connectivity index (χ3n) is 9.07. The van der Waals surface area contributed by atoms with Gasteiger partial charge < -0.3 is 10.2 Å². The standard InChI is InChI=1S/C31H29F5N4O4S/c1-18(41)39-15-12-30(13-16-39)26-25(40(28(30)19-4-5-19)45(43,44)21-8-6-20(32)7-9-21)11-10-22(27(26)33)29(42)38-17-24-23(31(34,35)36)3-2-14-37-24/h2-3,6-11,14,19,28H,4-5,12-13,15-17H2,1H3,(H,38,42). The second-order valence-corrected chi connectivity index (χ2v) is 13.5. The zero-order valence-corrected chi connectivity index (χ0v) is 24.9. The summed E-state index contributed by atoms with van der Waals surface area (Å²) in [7, 11) is -4.34. The zero-order valence-electron chi connectivity index (χ0n) is 24.1. The van der Waals surface area contributed by atoms with Crippen molar-refractivity contribution >= 4 is 27.5 Å². The molecule has 1 spiro atoms. The van der Waals surface area contributed by atoms with Crippen molar-refractivity contribution in [2.24, 2.45) is 5.92 Å². The first-order valence-electron chi connectivity index (χ1n) is 14.4. The van der Waals surface area contributed by atoms with Crippen LogP contribution in [0, 0.1) is 17.6 Å². The van der Waals surface area contributed by atoms with Gasteiger partial charge in [0.2, 0.25) is 5.91 Å². The number of likely N-dealkylation sites (tertiary alicyclic amines) is 1. The number of aromatic nitrogens is 1. The maximum Gasteiger partial charge on any atom is 0.418 e. The van der Waals surface area contributed by atoms with E-state index in [2.05, 4.69) is 10.3 Å². The van der Waals surface area contributed by atoms with Crippen molar-refractivity contribution in [1.29, 1.82) is 0 Å². The minimum Gasteiger partial charge on any atom is -0.346 e. The van der Waals surface area contributed by atoms with Crippen molar-refractivity contribution in [3.05, 3.63) is 88.7 Å². The number of hydrogen-bond acceptors (Lipinski definition) is 5. The highest BCUT2D eigenvalue weighted by Crippen LogP contribution is 2.59. The number of rotatable bonds is 6. The van der Waals surface area contributed by atoms with E-state index in [4.69, 9.17) is 0 Å². The van der Waals surface area contributed by atoms with Crippen molar-refractivity contribution in [1.82, 2.24) is 15.2 Å². The van der Waals surface area contributed by atoms with Crippen LogP contribution >= 0.6 is 0 Å². The molecule has 238 valence electrons. The van der Waals surface area contributed by atoms with Crippen molar-refractivity contribution < 1.29 is 40.0 Å². The average molecular weight is 649 g/mol. The summed E-state index contributed by atoms with van der Waals surface area (Å²) >= 11 is 0. The van der Waals surface area contributed by atoms with Crippen LogP contribution in [0.4, 0.5) is 27.6 Å². The number of nitrogens with zero attached hydrogens (tertiary/aromatic N) is 3. The van der Waals surface area contributed by atoms with Gasteiger partial charge in [0.15, 0.2) is 0 Å². The number of piperidine rings is 1. The molecule has 8 nitrogen and oxygen atoms in total. The molecule has 3 aliphatic rings. The van der Waals surface area contributed by atoms with Crippen molar-refractivity contribution in [2.45, 2.75) is 61.7 Å². The lowest BCUT2D eigenvalue weighted by molar-refractivity contribution is -0.138. The Balaban J connectivity index is 1.44. The Morgan fingerprint density at radius 1 is 1.02 bits per heavy atom. The van der Waals surface area contributed by atoms with Crippen LogP contribution in [-0.2, 0) is 33.0 Å². The predicted octanol–water partition coefficient (Wildman–Crippen LogP) is 5.18. The summed E-state index contributed by atoms with van der Waals surface area (Å²) in [6.45, 7) is 1.26. The van der Waals surface area contributed by atoms with Gasteiger partial charge in [-0.05, 0) is 80.1 Å². The van der Waals surface area contributed by atoms with Gasteiger partial charge in [-0.25, -0.2) is 17.2 Å². The van der Waals surface area contributed by atoms with E-state index in [-0.39, 0.29) is 53.9 Å². The highest BCUT2D eigenvalue weighted by Gasteiger charge is 2.61. The van der Waals surface area contributed by atoms with E-state index in [1.54, 1.807) is 4.90 Å². The third kappa shape index (κ3) is 5.32. The van der Waals surface area contributed by atoms with E-state index in [0.29, 0.717) is 12.8 Å². The fourth-order valence-corrected chi connectivity index (χ4v) is 8.63. The summed E-state index contributed by atoms with van der Waals surface area (Å²) in [4.78, 5) is 30.6. The van der Waals surface area contributed by atoms with Crippen LogP contribution in [-0.4, -0.2) is 49.2 Å². The van der Waals surface area contributed by atoms with Crippen LogP contribution in [0.25, 0.3) is 0 Å². The van der Waals surface area contributed by atoms with Gasteiger partial charge >= 0.3 is 6.18 Å². The van der Waals surface area contributed by atoms with E-state index in [1.807, 2.05) is 0 Å². The lowest BCUT2D eigenvalue weighted by Crippen LogP contribution is -2.54. The van der Waals surface area contributed by atoms with Gasteiger partial charge in [0.1, 0.15) is 11.6 Å². The molecule has 45 heavy (non-hydrogen) atoms. The summed E-state index contributed by atoms with van der Waals surface area (Å²) in [5, 5.41) is 2.33. The number of carbonyl (C=O) groups is 2. The Hall–Kier alpha value is -4.07. The molecule has 0 radical (unpaired) electrons. The van der Waals surface area contributed by atoms with Crippen molar-refractivity contribution in [3.8, 4) is 0 Å². The summed E-state index contributed by atoms with van der Waals surface area (Å²) in [6, 6.07) is 8.01. The number of pyridine rings is 1. The molecular weight excluding hydrogens is 619 g/mol. The summed E-state index contributed by atoms with van der Waals surface area (Å²) in [6.07, 6.45) is -1.74. The van der Waals surface area contributed by atoms with Gasteiger partial charge in [-0.15, -0.1) is 0 Å². The summed E-state index contributed by atoms with van der Waals surface area (Å²) < 4.78 is 100. The van der Waals surface area contributed by atoms with Gasteiger partial charge in [0.05, 0.1) is 40.0 Å². The Bertz CT molecular complexity index is 1770. The predicted molar refractivity (Wildman–Crippen MR) is 153 cm³/mol. The first-order valence-corrected chi connectivity index (χ1v) is 15.9. The largest absolute Gasteiger partial charge is 0.418 e. The van der Waals surface area contributed by atoms with Crippen LogP contribution < -0.4 is 9.62 Å². The Labute approximate surface area is 256 Å². The molecule has 1 aromatic heterocycles. The molecule has 1 atom stereocenters. The molecule has 3 aromatic rings. The molecule has 0 bridgehead atoms. The van der Waals surface area contributed by atoms with Crippen LogP contribution in [0.2, 0.25) is 0 Å². The average Bonchev–Trinajstić information content (AvgIpc) is 3.79. The second kappa shape index (κ2) is 11.1. The Morgan fingerprint density at radius 3 is 2.29 bits per heavy atom. The number of carbonyl (C=O) groups excluding carboxylic acids is 2. The van der Waals surface area contributed by atoms with E-state index in [0.717, 1.165) is 48.7 Å². The molecule has 2 fully saturated rings. The zero-order chi connectivity index (χ0) is 32.3. The number of amides is 2. The van der Waals surface area contributed by atoms with Gasteiger partial charge in [-0.1, -0.05) is 0 Å². The van der Waals surface area contributed by atoms with Crippen LogP contribution in [0.1, 0.15) is 59.8 Å². The second-order valence-electron chi connectivity index (χ2n) is 11.7. The highest BCUT2D eigenvalue weighted by molar-refractivity contribution is 7.92.